The molecule has 0 spiro atoms. The number of hydrogen-bond donors (Lipinski definition) is 2. The van der Waals surface area contributed by atoms with Crippen LogP contribution in [-0.2, 0) is 10.2 Å². The molecule has 2 aliphatic rings. The Morgan fingerprint density at radius 1 is 1.35 bits per heavy atom. The summed E-state index contributed by atoms with van der Waals surface area (Å²) in [5, 5.41) is 3.22. The molecule has 1 heterocycles. The molecule has 1 saturated carbocycles. The average molecular weight is 324 g/mol. The second kappa shape index (κ2) is 8.34. The Hall–Kier alpha value is -0.140. The SMILES string of the molecule is CN(C1CCCCC1)S(=O)(=O)NCC1=CCNCC1.Cl. The second-order valence-corrected chi connectivity index (χ2v) is 7.27. The van der Waals surface area contributed by atoms with E-state index in [0.717, 1.165) is 45.2 Å². The van der Waals surface area contributed by atoms with Crippen LogP contribution in [0, 0.1) is 0 Å². The summed E-state index contributed by atoms with van der Waals surface area (Å²) in [6, 6.07) is 0.174. The molecule has 0 aromatic rings. The zero-order chi connectivity index (χ0) is 13.7. The Morgan fingerprint density at radius 3 is 2.65 bits per heavy atom. The molecule has 0 aromatic carbocycles. The highest BCUT2D eigenvalue weighted by atomic mass is 35.5. The van der Waals surface area contributed by atoms with Gasteiger partial charge in [0.25, 0.3) is 10.2 Å². The maximum absolute atomic E-state index is 12.2. The van der Waals surface area contributed by atoms with E-state index in [1.807, 2.05) is 0 Å². The predicted octanol–water partition coefficient (Wildman–Crippen LogP) is 1.43. The van der Waals surface area contributed by atoms with Crippen LogP contribution in [0.1, 0.15) is 38.5 Å². The van der Waals surface area contributed by atoms with Crippen molar-refractivity contribution in [1.29, 1.82) is 0 Å². The number of hydrogen-bond acceptors (Lipinski definition) is 3. The molecule has 1 aliphatic carbocycles. The van der Waals surface area contributed by atoms with Crippen LogP contribution in [0.25, 0.3) is 0 Å². The van der Waals surface area contributed by atoms with Gasteiger partial charge in [0.15, 0.2) is 0 Å². The Morgan fingerprint density at radius 2 is 2.05 bits per heavy atom. The normalized spacial score (nSPS) is 21.4. The van der Waals surface area contributed by atoms with Gasteiger partial charge in [-0.05, 0) is 25.8 Å². The zero-order valence-corrected chi connectivity index (χ0v) is 13.7. The number of rotatable bonds is 5. The summed E-state index contributed by atoms with van der Waals surface area (Å²) in [6.45, 7) is 2.22. The molecule has 20 heavy (non-hydrogen) atoms. The van der Waals surface area contributed by atoms with Crippen LogP contribution < -0.4 is 10.0 Å². The van der Waals surface area contributed by atoms with Crippen LogP contribution >= 0.6 is 12.4 Å². The minimum atomic E-state index is -3.34. The van der Waals surface area contributed by atoms with Gasteiger partial charge in [0.2, 0.25) is 0 Å². The van der Waals surface area contributed by atoms with Gasteiger partial charge in [-0.15, -0.1) is 12.4 Å². The Bertz CT molecular complexity index is 419. The molecule has 5 nitrogen and oxygen atoms in total. The minimum absolute atomic E-state index is 0. The van der Waals surface area contributed by atoms with Crippen molar-refractivity contribution in [3.8, 4) is 0 Å². The molecule has 1 aliphatic heterocycles. The third-order valence-electron chi connectivity index (χ3n) is 4.11. The first-order valence-corrected chi connectivity index (χ1v) is 8.65. The molecule has 118 valence electrons. The first kappa shape index (κ1) is 17.9. The molecule has 2 N–H and O–H groups in total. The van der Waals surface area contributed by atoms with E-state index in [0.29, 0.717) is 6.54 Å². The molecule has 2 rings (SSSR count). The van der Waals surface area contributed by atoms with Gasteiger partial charge in [-0.1, -0.05) is 30.9 Å². The van der Waals surface area contributed by atoms with Gasteiger partial charge < -0.3 is 5.32 Å². The summed E-state index contributed by atoms with van der Waals surface area (Å²) in [4.78, 5) is 0. The topological polar surface area (TPSA) is 61.4 Å². The lowest BCUT2D eigenvalue weighted by atomic mass is 9.96. The van der Waals surface area contributed by atoms with Gasteiger partial charge in [-0.2, -0.15) is 17.4 Å². The smallest absolute Gasteiger partial charge is 0.279 e. The highest BCUT2D eigenvalue weighted by Gasteiger charge is 2.27. The van der Waals surface area contributed by atoms with Crippen molar-refractivity contribution in [2.45, 2.75) is 44.6 Å². The minimum Gasteiger partial charge on any atom is -0.313 e. The van der Waals surface area contributed by atoms with Crippen LogP contribution in [0.4, 0.5) is 0 Å². The lowest BCUT2D eigenvalue weighted by molar-refractivity contribution is 0.283. The summed E-state index contributed by atoms with van der Waals surface area (Å²) >= 11 is 0. The zero-order valence-electron chi connectivity index (χ0n) is 12.1. The fraction of sp³-hybridized carbons (Fsp3) is 0.846. The summed E-state index contributed by atoms with van der Waals surface area (Å²) in [5.74, 6) is 0. The van der Waals surface area contributed by atoms with Gasteiger partial charge in [-0.25, -0.2) is 0 Å². The van der Waals surface area contributed by atoms with Crippen molar-refractivity contribution in [3.63, 3.8) is 0 Å². The van der Waals surface area contributed by atoms with Crippen molar-refractivity contribution >= 4 is 22.6 Å². The van der Waals surface area contributed by atoms with Crippen molar-refractivity contribution in [3.05, 3.63) is 11.6 Å². The van der Waals surface area contributed by atoms with Crippen LogP contribution in [0.3, 0.4) is 0 Å². The molecular weight excluding hydrogens is 298 g/mol. The van der Waals surface area contributed by atoms with E-state index in [-0.39, 0.29) is 18.4 Å². The number of halogens is 1. The van der Waals surface area contributed by atoms with Gasteiger partial charge in [0.1, 0.15) is 0 Å². The van der Waals surface area contributed by atoms with E-state index < -0.39 is 10.2 Å². The van der Waals surface area contributed by atoms with Gasteiger partial charge in [0.05, 0.1) is 0 Å². The third-order valence-corrected chi connectivity index (χ3v) is 5.67. The molecule has 0 saturated heterocycles. The monoisotopic (exact) mass is 323 g/mol. The van der Waals surface area contributed by atoms with E-state index in [1.165, 1.54) is 16.3 Å². The average Bonchev–Trinajstić information content (AvgIpc) is 2.46. The van der Waals surface area contributed by atoms with E-state index in [2.05, 4.69) is 16.1 Å². The Labute approximate surface area is 128 Å². The molecule has 7 heteroatoms. The first-order valence-electron chi connectivity index (χ1n) is 7.21. The van der Waals surface area contributed by atoms with Crippen molar-refractivity contribution < 1.29 is 8.42 Å². The fourth-order valence-electron chi connectivity index (χ4n) is 2.76. The third kappa shape index (κ3) is 5.00. The van der Waals surface area contributed by atoms with Crippen LogP contribution in [0.2, 0.25) is 0 Å². The van der Waals surface area contributed by atoms with Crippen molar-refractivity contribution in [2.24, 2.45) is 0 Å². The van der Waals surface area contributed by atoms with E-state index in [1.54, 1.807) is 7.05 Å². The van der Waals surface area contributed by atoms with Crippen LogP contribution in [-0.4, -0.2) is 45.4 Å². The van der Waals surface area contributed by atoms with Gasteiger partial charge in [0, 0.05) is 26.2 Å². The quantitative estimate of drug-likeness (QED) is 0.752. The highest BCUT2D eigenvalue weighted by Crippen LogP contribution is 2.23. The molecule has 0 amide bonds. The predicted molar refractivity (Wildman–Crippen MR) is 84.4 cm³/mol. The van der Waals surface area contributed by atoms with Crippen molar-refractivity contribution in [1.82, 2.24) is 14.3 Å². The van der Waals surface area contributed by atoms with Gasteiger partial charge >= 0.3 is 0 Å². The molecule has 0 bridgehead atoms. The van der Waals surface area contributed by atoms with E-state index >= 15 is 0 Å². The standard InChI is InChI=1S/C13H25N3O2S.ClH/c1-16(13-5-3-2-4-6-13)19(17,18)15-11-12-7-9-14-10-8-12;/h7,13-15H,2-6,8-11H2,1H3;1H. The molecule has 0 unspecified atom stereocenters. The van der Waals surface area contributed by atoms with Crippen LogP contribution in [0.5, 0.6) is 0 Å². The summed E-state index contributed by atoms with van der Waals surface area (Å²) in [7, 11) is -1.63. The Kier molecular flexibility index (Phi) is 7.47. The van der Waals surface area contributed by atoms with Crippen LogP contribution in [0.15, 0.2) is 11.6 Å². The second-order valence-electron chi connectivity index (χ2n) is 5.45. The summed E-state index contributed by atoms with van der Waals surface area (Å²) in [5.41, 5.74) is 1.18. The molecule has 0 aromatic heterocycles. The largest absolute Gasteiger partial charge is 0.313 e. The maximum Gasteiger partial charge on any atom is 0.279 e. The van der Waals surface area contributed by atoms with Crippen molar-refractivity contribution in [2.75, 3.05) is 26.7 Å². The summed E-state index contributed by atoms with van der Waals surface area (Å²) in [6.07, 6.45) is 8.50. The molecular formula is C13H26ClN3O2S. The molecule has 0 atom stereocenters. The molecule has 1 fully saturated rings. The number of nitrogens with one attached hydrogen (secondary N) is 2. The lowest BCUT2D eigenvalue weighted by Gasteiger charge is -2.30. The van der Waals surface area contributed by atoms with Gasteiger partial charge in [-0.3, -0.25) is 0 Å². The summed E-state index contributed by atoms with van der Waals surface area (Å²) < 4.78 is 28.8. The Balaban J connectivity index is 0.00000200. The first-order chi connectivity index (χ1) is 9.09. The number of nitrogens with zero attached hydrogens (tertiary/aromatic N) is 1. The van der Waals surface area contributed by atoms with E-state index in [4.69, 9.17) is 0 Å². The maximum atomic E-state index is 12.2. The lowest BCUT2D eigenvalue weighted by Crippen LogP contribution is -2.45. The van der Waals surface area contributed by atoms with E-state index in [9.17, 15) is 8.42 Å². The fourth-order valence-corrected chi connectivity index (χ4v) is 3.93. The highest BCUT2D eigenvalue weighted by molar-refractivity contribution is 7.87. The molecule has 0 radical (unpaired) electrons.